The van der Waals surface area contributed by atoms with E-state index in [4.69, 9.17) is 23.2 Å². The summed E-state index contributed by atoms with van der Waals surface area (Å²) < 4.78 is 40.2. The smallest absolute Gasteiger partial charge is 0.324 e. The molecule has 1 aromatic rings. The molecule has 1 aliphatic heterocycles. The number of anilines is 1. The van der Waals surface area contributed by atoms with Gasteiger partial charge in [-0.15, -0.1) is 0 Å². The van der Waals surface area contributed by atoms with Gasteiger partial charge in [0, 0.05) is 11.0 Å². The first-order valence-electron chi connectivity index (χ1n) is 5.91. The lowest BCUT2D eigenvalue weighted by atomic mass is 9.85. The maximum absolute atomic E-state index is 13.2. The van der Waals surface area contributed by atoms with Gasteiger partial charge in [-0.2, -0.15) is 13.2 Å². The first-order chi connectivity index (χ1) is 9.69. The number of carbonyl (C=O) groups is 1. The van der Waals surface area contributed by atoms with Crippen molar-refractivity contribution in [3.63, 3.8) is 0 Å². The van der Waals surface area contributed by atoms with E-state index in [-0.39, 0.29) is 28.7 Å². The summed E-state index contributed by atoms with van der Waals surface area (Å²) in [6, 6.07) is 2.89. The van der Waals surface area contributed by atoms with Gasteiger partial charge in [0.15, 0.2) is 5.41 Å². The highest BCUT2D eigenvalue weighted by molar-refractivity contribution is 9.10. The second-order valence-corrected chi connectivity index (χ2v) is 6.29. The number of carbonyl (C=O) groups excluding carboxylic acids is 1. The van der Waals surface area contributed by atoms with Crippen molar-refractivity contribution in [3.05, 3.63) is 26.7 Å². The fourth-order valence-electron chi connectivity index (χ4n) is 2.12. The average Bonchev–Trinajstić information content (AvgIpc) is 2.89. The summed E-state index contributed by atoms with van der Waals surface area (Å²) in [5, 5.41) is 4.92. The number of rotatable bonds is 2. The van der Waals surface area contributed by atoms with E-state index < -0.39 is 24.0 Å². The van der Waals surface area contributed by atoms with Gasteiger partial charge in [-0.05, 0) is 41.0 Å². The number of nitrogens with one attached hydrogen (secondary N) is 2. The second kappa shape index (κ2) is 5.95. The highest BCUT2D eigenvalue weighted by atomic mass is 79.9. The van der Waals surface area contributed by atoms with E-state index in [0.717, 1.165) is 0 Å². The van der Waals surface area contributed by atoms with Crippen LogP contribution in [0.15, 0.2) is 16.6 Å². The topological polar surface area (TPSA) is 41.1 Å². The van der Waals surface area contributed by atoms with Crippen LogP contribution in [-0.2, 0) is 4.79 Å². The molecule has 1 aliphatic rings. The van der Waals surface area contributed by atoms with Crippen molar-refractivity contribution >= 4 is 50.7 Å². The van der Waals surface area contributed by atoms with Crippen LogP contribution in [0.1, 0.15) is 6.42 Å². The van der Waals surface area contributed by atoms with Crippen LogP contribution in [-0.4, -0.2) is 25.2 Å². The molecule has 1 heterocycles. The highest BCUT2D eigenvalue weighted by Gasteiger charge is 2.61. The molecule has 21 heavy (non-hydrogen) atoms. The average molecular weight is 406 g/mol. The van der Waals surface area contributed by atoms with Crippen LogP contribution >= 0.6 is 39.1 Å². The third-order valence-electron chi connectivity index (χ3n) is 3.42. The molecular weight excluding hydrogens is 396 g/mol. The van der Waals surface area contributed by atoms with E-state index in [1.165, 1.54) is 12.1 Å². The molecule has 1 aromatic carbocycles. The van der Waals surface area contributed by atoms with Gasteiger partial charge in [-0.1, -0.05) is 23.2 Å². The summed E-state index contributed by atoms with van der Waals surface area (Å²) in [6.07, 6.45) is -4.96. The first kappa shape index (κ1) is 16.9. The summed E-state index contributed by atoms with van der Waals surface area (Å²) in [6.45, 7) is -0.327. The Balaban J connectivity index is 2.31. The Kier molecular flexibility index (Phi) is 4.78. The summed E-state index contributed by atoms with van der Waals surface area (Å²) in [4.78, 5) is 12.1. The van der Waals surface area contributed by atoms with Crippen LogP contribution in [0.3, 0.4) is 0 Å². The lowest BCUT2D eigenvalue weighted by Crippen LogP contribution is -2.49. The molecule has 1 unspecified atom stereocenters. The van der Waals surface area contributed by atoms with Gasteiger partial charge in [-0.25, -0.2) is 0 Å². The van der Waals surface area contributed by atoms with Gasteiger partial charge in [0.2, 0.25) is 5.91 Å². The second-order valence-electron chi connectivity index (χ2n) is 4.68. The molecule has 9 heteroatoms. The third kappa shape index (κ3) is 3.02. The normalized spacial score (nSPS) is 22.4. The largest absolute Gasteiger partial charge is 0.404 e. The van der Waals surface area contributed by atoms with Gasteiger partial charge in [0.1, 0.15) is 0 Å². The van der Waals surface area contributed by atoms with Crippen LogP contribution in [0.5, 0.6) is 0 Å². The van der Waals surface area contributed by atoms with Crippen molar-refractivity contribution in [1.82, 2.24) is 5.32 Å². The predicted molar refractivity (Wildman–Crippen MR) is 78.8 cm³/mol. The van der Waals surface area contributed by atoms with Crippen molar-refractivity contribution < 1.29 is 18.0 Å². The third-order valence-corrected chi connectivity index (χ3v) is 5.19. The minimum atomic E-state index is -4.65. The molecule has 0 bridgehead atoms. The molecule has 1 fully saturated rings. The molecule has 3 nitrogen and oxygen atoms in total. The minimum absolute atomic E-state index is 0.0114. The van der Waals surface area contributed by atoms with Crippen LogP contribution < -0.4 is 10.6 Å². The lowest BCUT2D eigenvalue weighted by molar-refractivity contribution is -0.213. The summed E-state index contributed by atoms with van der Waals surface area (Å²) in [7, 11) is 0. The molecule has 0 radical (unpaired) electrons. The molecule has 0 spiro atoms. The molecule has 0 aliphatic carbocycles. The van der Waals surface area contributed by atoms with E-state index >= 15 is 0 Å². The van der Waals surface area contributed by atoms with Crippen molar-refractivity contribution in [2.75, 3.05) is 18.4 Å². The minimum Gasteiger partial charge on any atom is -0.324 e. The number of hydrogen-bond acceptors (Lipinski definition) is 2. The first-order valence-corrected chi connectivity index (χ1v) is 7.46. The molecule has 1 saturated heterocycles. The molecule has 0 saturated carbocycles. The van der Waals surface area contributed by atoms with Gasteiger partial charge >= 0.3 is 6.18 Å². The van der Waals surface area contributed by atoms with Gasteiger partial charge in [-0.3, -0.25) is 4.79 Å². The molecule has 1 amide bonds. The van der Waals surface area contributed by atoms with Crippen molar-refractivity contribution in [2.45, 2.75) is 12.6 Å². The van der Waals surface area contributed by atoms with Gasteiger partial charge < -0.3 is 10.6 Å². The molecule has 1 atom stereocenters. The number of hydrogen-bond donors (Lipinski definition) is 2. The standard InChI is InChI=1S/C12H10BrCl2F3N2O/c13-6-1-2-7(9(15)8(6)14)20-10(21)11(12(16,17)18)3-4-19-5-11/h1-2,19H,3-5H2,(H,20,21). The molecule has 2 N–H and O–H groups in total. The highest BCUT2D eigenvalue weighted by Crippen LogP contribution is 2.44. The van der Waals surface area contributed by atoms with E-state index in [1.54, 1.807) is 0 Å². The summed E-state index contributed by atoms with van der Waals surface area (Å²) in [5.74, 6) is -1.14. The Bertz CT molecular complexity index is 574. The van der Waals surface area contributed by atoms with Gasteiger partial charge in [0.05, 0.1) is 15.7 Å². The Morgan fingerprint density at radius 2 is 2.00 bits per heavy atom. The van der Waals surface area contributed by atoms with Crippen LogP contribution in [0.25, 0.3) is 0 Å². The SMILES string of the molecule is O=C(Nc1ccc(Br)c(Cl)c1Cl)C1(C(F)(F)F)CCNC1. The molecular formula is C12H10BrCl2F3N2O. The Morgan fingerprint density at radius 3 is 2.52 bits per heavy atom. The van der Waals surface area contributed by atoms with Gasteiger partial charge in [0.25, 0.3) is 0 Å². The summed E-state index contributed by atoms with van der Waals surface area (Å²) in [5.41, 5.74) is -2.40. The zero-order valence-electron chi connectivity index (χ0n) is 10.5. The molecule has 116 valence electrons. The van der Waals surface area contributed by atoms with Crippen molar-refractivity contribution in [1.29, 1.82) is 0 Å². The maximum atomic E-state index is 13.2. The number of alkyl halides is 3. The fraction of sp³-hybridized carbons (Fsp3) is 0.417. The fourth-order valence-corrected chi connectivity index (χ4v) is 2.94. The maximum Gasteiger partial charge on any atom is 0.404 e. The van der Waals surface area contributed by atoms with Crippen LogP contribution in [0.4, 0.5) is 18.9 Å². The van der Waals surface area contributed by atoms with E-state index in [1.807, 2.05) is 0 Å². The Labute approximate surface area is 137 Å². The number of benzene rings is 1. The monoisotopic (exact) mass is 404 g/mol. The Morgan fingerprint density at radius 1 is 1.33 bits per heavy atom. The van der Waals surface area contributed by atoms with E-state index in [9.17, 15) is 18.0 Å². The lowest BCUT2D eigenvalue weighted by Gasteiger charge is -2.29. The number of halogens is 6. The Hall–Kier alpha value is -0.500. The predicted octanol–water partition coefficient (Wildman–Crippen LogP) is 4.24. The zero-order valence-corrected chi connectivity index (χ0v) is 13.5. The summed E-state index contributed by atoms with van der Waals surface area (Å²) >= 11 is 15.0. The van der Waals surface area contributed by atoms with E-state index in [0.29, 0.717) is 4.47 Å². The molecule has 2 rings (SSSR count). The number of amides is 1. The van der Waals surface area contributed by atoms with Crippen molar-refractivity contribution in [2.24, 2.45) is 5.41 Å². The van der Waals surface area contributed by atoms with Crippen molar-refractivity contribution in [3.8, 4) is 0 Å². The van der Waals surface area contributed by atoms with Crippen LogP contribution in [0, 0.1) is 5.41 Å². The quantitative estimate of drug-likeness (QED) is 0.722. The van der Waals surface area contributed by atoms with E-state index in [2.05, 4.69) is 26.6 Å². The molecule has 0 aromatic heterocycles. The van der Waals surface area contributed by atoms with Crippen LogP contribution in [0.2, 0.25) is 10.0 Å². The zero-order chi connectivity index (χ0) is 15.8.